The molecule has 1 N–H and O–H groups in total. The highest BCUT2D eigenvalue weighted by Crippen LogP contribution is 2.40. The molecule has 0 aliphatic heterocycles. The van der Waals surface area contributed by atoms with Crippen molar-refractivity contribution in [3.63, 3.8) is 0 Å². The smallest absolute Gasteiger partial charge is 0.113 e. The second-order valence-electron chi connectivity index (χ2n) is 4.48. The SMILES string of the molecule is COCC(O)(CC1CC1)c1ccccc1. The van der Waals surface area contributed by atoms with Crippen molar-refractivity contribution in [2.24, 2.45) is 5.92 Å². The fourth-order valence-electron chi connectivity index (χ4n) is 2.05. The molecule has 2 nitrogen and oxygen atoms in total. The fourth-order valence-corrected chi connectivity index (χ4v) is 2.05. The Morgan fingerprint density at radius 1 is 1.33 bits per heavy atom. The van der Waals surface area contributed by atoms with E-state index in [0.717, 1.165) is 12.0 Å². The van der Waals surface area contributed by atoms with Gasteiger partial charge in [-0.15, -0.1) is 0 Å². The van der Waals surface area contributed by atoms with Crippen LogP contribution >= 0.6 is 0 Å². The van der Waals surface area contributed by atoms with Gasteiger partial charge in [-0.3, -0.25) is 0 Å². The molecule has 1 aliphatic carbocycles. The normalized spacial score (nSPS) is 19.9. The van der Waals surface area contributed by atoms with Crippen LogP contribution in [0.2, 0.25) is 0 Å². The molecule has 15 heavy (non-hydrogen) atoms. The third-order valence-electron chi connectivity index (χ3n) is 3.02. The summed E-state index contributed by atoms with van der Waals surface area (Å²) in [6.07, 6.45) is 3.32. The Morgan fingerprint density at radius 2 is 2.00 bits per heavy atom. The first kappa shape index (κ1) is 10.7. The molecule has 1 fully saturated rings. The molecule has 0 bridgehead atoms. The lowest BCUT2D eigenvalue weighted by atomic mass is 9.89. The molecule has 1 aromatic carbocycles. The molecule has 0 saturated heterocycles. The van der Waals surface area contributed by atoms with Gasteiger partial charge >= 0.3 is 0 Å². The topological polar surface area (TPSA) is 29.5 Å². The molecular weight excluding hydrogens is 188 g/mol. The van der Waals surface area contributed by atoms with Crippen molar-refractivity contribution in [3.05, 3.63) is 35.9 Å². The summed E-state index contributed by atoms with van der Waals surface area (Å²) in [6.45, 7) is 0.382. The minimum atomic E-state index is -0.794. The van der Waals surface area contributed by atoms with Crippen LogP contribution in [0.5, 0.6) is 0 Å². The zero-order chi connectivity index (χ0) is 10.7. The first-order valence-corrected chi connectivity index (χ1v) is 5.51. The Balaban J connectivity index is 2.16. The van der Waals surface area contributed by atoms with Gasteiger partial charge in [0.25, 0.3) is 0 Å². The van der Waals surface area contributed by atoms with Crippen LogP contribution in [0.1, 0.15) is 24.8 Å². The van der Waals surface area contributed by atoms with E-state index in [2.05, 4.69) is 0 Å². The molecule has 0 aromatic heterocycles. The predicted molar refractivity (Wildman–Crippen MR) is 59.6 cm³/mol. The van der Waals surface area contributed by atoms with E-state index in [1.54, 1.807) is 7.11 Å². The highest BCUT2D eigenvalue weighted by molar-refractivity contribution is 5.22. The van der Waals surface area contributed by atoms with Crippen molar-refractivity contribution in [2.45, 2.75) is 24.9 Å². The number of hydrogen-bond donors (Lipinski definition) is 1. The van der Waals surface area contributed by atoms with E-state index in [1.807, 2.05) is 30.3 Å². The maximum absolute atomic E-state index is 10.6. The molecule has 1 atom stereocenters. The summed E-state index contributed by atoms with van der Waals surface area (Å²) in [5.74, 6) is 0.686. The Hall–Kier alpha value is -0.860. The number of aliphatic hydroxyl groups is 1. The fraction of sp³-hybridized carbons (Fsp3) is 0.538. The Bertz CT molecular complexity index is 306. The van der Waals surface area contributed by atoms with Gasteiger partial charge in [0.15, 0.2) is 0 Å². The van der Waals surface area contributed by atoms with E-state index in [4.69, 9.17) is 4.74 Å². The van der Waals surface area contributed by atoms with Gasteiger partial charge in [-0.05, 0) is 17.9 Å². The second-order valence-corrected chi connectivity index (χ2v) is 4.48. The summed E-state index contributed by atoms with van der Waals surface area (Å²) >= 11 is 0. The third-order valence-corrected chi connectivity index (χ3v) is 3.02. The van der Waals surface area contributed by atoms with Crippen molar-refractivity contribution < 1.29 is 9.84 Å². The van der Waals surface area contributed by atoms with Gasteiger partial charge in [0.05, 0.1) is 6.61 Å². The zero-order valence-electron chi connectivity index (χ0n) is 9.15. The molecular formula is C13H18O2. The van der Waals surface area contributed by atoms with Crippen LogP contribution in [0, 0.1) is 5.92 Å². The number of benzene rings is 1. The minimum absolute atomic E-state index is 0.382. The number of ether oxygens (including phenoxy) is 1. The van der Waals surface area contributed by atoms with Crippen LogP contribution < -0.4 is 0 Å². The van der Waals surface area contributed by atoms with Crippen molar-refractivity contribution in [3.8, 4) is 0 Å². The molecule has 1 aliphatic rings. The van der Waals surface area contributed by atoms with Gasteiger partial charge in [0.2, 0.25) is 0 Å². The zero-order valence-corrected chi connectivity index (χ0v) is 9.15. The maximum Gasteiger partial charge on any atom is 0.113 e. The summed E-state index contributed by atoms with van der Waals surface area (Å²) in [6, 6.07) is 9.84. The summed E-state index contributed by atoms with van der Waals surface area (Å²) in [4.78, 5) is 0. The molecule has 0 radical (unpaired) electrons. The van der Waals surface area contributed by atoms with Crippen LogP contribution in [-0.4, -0.2) is 18.8 Å². The van der Waals surface area contributed by atoms with Crippen LogP contribution in [0.3, 0.4) is 0 Å². The van der Waals surface area contributed by atoms with Crippen molar-refractivity contribution in [1.82, 2.24) is 0 Å². The van der Waals surface area contributed by atoms with Crippen LogP contribution in [0.4, 0.5) is 0 Å². The lowest BCUT2D eigenvalue weighted by molar-refractivity contribution is -0.0459. The minimum Gasteiger partial charge on any atom is -0.383 e. The maximum atomic E-state index is 10.6. The van der Waals surface area contributed by atoms with Gasteiger partial charge in [0.1, 0.15) is 5.60 Å². The van der Waals surface area contributed by atoms with Gasteiger partial charge in [-0.25, -0.2) is 0 Å². The number of rotatable bonds is 5. The molecule has 0 amide bonds. The van der Waals surface area contributed by atoms with Crippen LogP contribution in [0.15, 0.2) is 30.3 Å². The first-order chi connectivity index (χ1) is 7.24. The lowest BCUT2D eigenvalue weighted by Gasteiger charge is -2.28. The van der Waals surface area contributed by atoms with E-state index in [9.17, 15) is 5.11 Å². The van der Waals surface area contributed by atoms with Crippen molar-refractivity contribution >= 4 is 0 Å². The average molecular weight is 206 g/mol. The van der Waals surface area contributed by atoms with E-state index in [1.165, 1.54) is 12.8 Å². The molecule has 0 spiro atoms. The summed E-state index contributed by atoms with van der Waals surface area (Å²) < 4.78 is 5.14. The van der Waals surface area contributed by atoms with Crippen LogP contribution in [0.25, 0.3) is 0 Å². The summed E-state index contributed by atoms with van der Waals surface area (Å²) in [5.41, 5.74) is 0.177. The van der Waals surface area contributed by atoms with E-state index < -0.39 is 5.60 Å². The largest absolute Gasteiger partial charge is 0.383 e. The second kappa shape index (κ2) is 4.33. The standard InChI is InChI=1S/C13H18O2/c1-15-10-13(14,9-11-7-8-11)12-5-3-2-4-6-12/h2-6,11,14H,7-10H2,1H3. The molecule has 1 unspecified atom stereocenters. The summed E-state index contributed by atoms with van der Waals surface area (Å²) in [7, 11) is 1.64. The van der Waals surface area contributed by atoms with Crippen molar-refractivity contribution in [1.29, 1.82) is 0 Å². The Labute approximate surface area is 90.9 Å². The Kier molecular flexibility index (Phi) is 3.08. The van der Waals surface area contributed by atoms with Gasteiger partial charge in [-0.2, -0.15) is 0 Å². The van der Waals surface area contributed by atoms with Crippen LogP contribution in [-0.2, 0) is 10.3 Å². The summed E-state index contributed by atoms with van der Waals surface area (Å²) in [5, 5.41) is 10.6. The Morgan fingerprint density at radius 3 is 2.53 bits per heavy atom. The quantitative estimate of drug-likeness (QED) is 0.801. The highest BCUT2D eigenvalue weighted by atomic mass is 16.5. The molecule has 1 saturated carbocycles. The number of hydrogen-bond acceptors (Lipinski definition) is 2. The first-order valence-electron chi connectivity index (χ1n) is 5.51. The molecule has 2 rings (SSSR count). The third kappa shape index (κ3) is 2.58. The predicted octanol–water partition coefficient (Wildman–Crippen LogP) is 2.32. The molecule has 0 heterocycles. The monoisotopic (exact) mass is 206 g/mol. The van der Waals surface area contributed by atoms with Gasteiger partial charge in [-0.1, -0.05) is 43.2 Å². The van der Waals surface area contributed by atoms with E-state index in [-0.39, 0.29) is 0 Å². The highest BCUT2D eigenvalue weighted by Gasteiger charge is 2.36. The lowest BCUT2D eigenvalue weighted by Crippen LogP contribution is -2.31. The van der Waals surface area contributed by atoms with Gasteiger partial charge in [0, 0.05) is 7.11 Å². The van der Waals surface area contributed by atoms with E-state index >= 15 is 0 Å². The molecule has 82 valence electrons. The van der Waals surface area contributed by atoms with Crippen molar-refractivity contribution in [2.75, 3.05) is 13.7 Å². The molecule has 2 heteroatoms. The molecule has 1 aromatic rings. The number of methoxy groups -OCH3 is 1. The van der Waals surface area contributed by atoms with Gasteiger partial charge < -0.3 is 9.84 Å². The average Bonchev–Trinajstić information content (AvgIpc) is 3.03. The van der Waals surface area contributed by atoms with E-state index in [0.29, 0.717) is 12.5 Å².